The molecular weight excluding hydrogens is 300 g/mol. The van der Waals surface area contributed by atoms with Gasteiger partial charge in [-0.05, 0) is 37.0 Å². The predicted octanol–water partition coefficient (Wildman–Crippen LogP) is 2.79. The van der Waals surface area contributed by atoms with E-state index in [9.17, 15) is 9.59 Å². The third-order valence-electron chi connectivity index (χ3n) is 3.90. The molecule has 1 aromatic carbocycles. The van der Waals surface area contributed by atoms with E-state index in [0.29, 0.717) is 18.0 Å². The number of nitrogens with one attached hydrogen (secondary N) is 1. The van der Waals surface area contributed by atoms with E-state index in [2.05, 4.69) is 5.32 Å². The highest BCUT2D eigenvalue weighted by atomic mass is 35.5. The topological polar surface area (TPSA) is 49.4 Å². The van der Waals surface area contributed by atoms with E-state index in [1.807, 2.05) is 29.2 Å². The summed E-state index contributed by atoms with van der Waals surface area (Å²) in [6.07, 6.45) is 5.11. The number of likely N-dealkylation sites (tertiary alicyclic amines) is 1. The lowest BCUT2D eigenvalue weighted by Gasteiger charge is -2.19. The molecule has 2 amide bonds. The molecule has 0 aromatic heterocycles. The molecule has 0 spiro atoms. The Balaban J connectivity index is 1.69. The van der Waals surface area contributed by atoms with Gasteiger partial charge in [-0.25, -0.2) is 0 Å². The Labute approximate surface area is 136 Å². The van der Waals surface area contributed by atoms with Crippen LogP contribution in [0.1, 0.15) is 37.7 Å². The van der Waals surface area contributed by atoms with Gasteiger partial charge < -0.3 is 10.2 Å². The minimum absolute atomic E-state index is 0.0461. The predicted molar refractivity (Wildman–Crippen MR) is 87.8 cm³/mol. The fourth-order valence-electron chi connectivity index (χ4n) is 2.67. The maximum atomic E-state index is 12.1. The highest BCUT2D eigenvalue weighted by Gasteiger charge is 2.18. The Morgan fingerprint density at radius 3 is 2.55 bits per heavy atom. The normalized spacial score (nSPS) is 15.2. The fourth-order valence-corrected chi connectivity index (χ4v) is 2.88. The molecule has 1 aliphatic heterocycles. The molecule has 1 heterocycles. The van der Waals surface area contributed by atoms with Crippen molar-refractivity contribution in [2.75, 3.05) is 19.6 Å². The number of carbonyl (C=O) groups is 2. The van der Waals surface area contributed by atoms with Crippen LogP contribution in [0, 0.1) is 0 Å². The van der Waals surface area contributed by atoms with Gasteiger partial charge in [-0.2, -0.15) is 0 Å². The van der Waals surface area contributed by atoms with Crippen molar-refractivity contribution in [3.63, 3.8) is 0 Å². The van der Waals surface area contributed by atoms with Gasteiger partial charge in [0.05, 0.1) is 0 Å². The van der Waals surface area contributed by atoms with Gasteiger partial charge in [-0.3, -0.25) is 9.59 Å². The molecule has 2 rings (SSSR count). The SMILES string of the molecule is O=C(CC(=O)N1CCCCCC1)NCCc1cccc(Cl)c1. The number of carbonyl (C=O) groups excluding carboxylic acids is 2. The van der Waals surface area contributed by atoms with Gasteiger partial charge in [0, 0.05) is 24.7 Å². The molecule has 1 aliphatic rings. The molecule has 0 radical (unpaired) electrons. The van der Waals surface area contributed by atoms with Crippen LogP contribution in [0.25, 0.3) is 0 Å². The lowest BCUT2D eigenvalue weighted by Crippen LogP contribution is -2.36. The molecule has 0 bridgehead atoms. The molecule has 22 heavy (non-hydrogen) atoms. The Bertz CT molecular complexity index is 511. The molecule has 0 unspecified atom stereocenters. The maximum Gasteiger partial charge on any atom is 0.232 e. The van der Waals surface area contributed by atoms with E-state index in [1.54, 1.807) is 0 Å². The third kappa shape index (κ3) is 5.68. The van der Waals surface area contributed by atoms with E-state index >= 15 is 0 Å². The monoisotopic (exact) mass is 322 g/mol. The lowest BCUT2D eigenvalue weighted by molar-refractivity contribution is -0.136. The summed E-state index contributed by atoms with van der Waals surface area (Å²) < 4.78 is 0. The number of rotatable bonds is 5. The van der Waals surface area contributed by atoms with Crippen molar-refractivity contribution in [1.29, 1.82) is 0 Å². The summed E-state index contributed by atoms with van der Waals surface area (Å²) in [4.78, 5) is 25.8. The van der Waals surface area contributed by atoms with Crippen LogP contribution in [0.3, 0.4) is 0 Å². The second-order valence-corrected chi connectivity index (χ2v) is 6.14. The molecule has 0 saturated carbocycles. The Kier molecular flexibility index (Phi) is 6.72. The van der Waals surface area contributed by atoms with E-state index < -0.39 is 0 Å². The van der Waals surface area contributed by atoms with Gasteiger partial charge in [0.2, 0.25) is 11.8 Å². The number of amides is 2. The second kappa shape index (κ2) is 8.79. The summed E-state index contributed by atoms with van der Waals surface area (Å²) in [5.74, 6) is -0.251. The zero-order valence-electron chi connectivity index (χ0n) is 12.8. The first-order valence-electron chi connectivity index (χ1n) is 7.94. The van der Waals surface area contributed by atoms with Crippen molar-refractivity contribution in [3.05, 3.63) is 34.9 Å². The molecule has 1 fully saturated rings. The fraction of sp³-hybridized carbons (Fsp3) is 0.529. The first-order chi connectivity index (χ1) is 10.6. The number of hydrogen-bond donors (Lipinski definition) is 1. The minimum atomic E-state index is -0.198. The molecule has 0 atom stereocenters. The van der Waals surface area contributed by atoms with Gasteiger partial charge in [0.25, 0.3) is 0 Å². The summed E-state index contributed by atoms with van der Waals surface area (Å²) in [6, 6.07) is 7.57. The van der Waals surface area contributed by atoms with E-state index in [4.69, 9.17) is 11.6 Å². The summed E-state index contributed by atoms with van der Waals surface area (Å²) in [5.41, 5.74) is 1.08. The summed E-state index contributed by atoms with van der Waals surface area (Å²) in [5, 5.41) is 3.50. The third-order valence-corrected chi connectivity index (χ3v) is 4.13. The smallest absolute Gasteiger partial charge is 0.232 e. The van der Waals surface area contributed by atoms with Crippen LogP contribution in [0.4, 0.5) is 0 Å². The maximum absolute atomic E-state index is 12.1. The van der Waals surface area contributed by atoms with Gasteiger partial charge in [-0.1, -0.05) is 36.6 Å². The Morgan fingerprint density at radius 1 is 1.14 bits per heavy atom. The Morgan fingerprint density at radius 2 is 1.86 bits per heavy atom. The molecule has 1 saturated heterocycles. The van der Waals surface area contributed by atoms with Crippen LogP contribution in [0.5, 0.6) is 0 Å². The first kappa shape index (κ1) is 16.8. The highest BCUT2D eigenvalue weighted by Crippen LogP contribution is 2.11. The van der Waals surface area contributed by atoms with Gasteiger partial charge >= 0.3 is 0 Å². The van der Waals surface area contributed by atoms with Crippen LogP contribution in [0.15, 0.2) is 24.3 Å². The second-order valence-electron chi connectivity index (χ2n) is 5.70. The average Bonchev–Trinajstić information content (AvgIpc) is 2.76. The Hall–Kier alpha value is -1.55. The first-order valence-corrected chi connectivity index (χ1v) is 8.32. The highest BCUT2D eigenvalue weighted by molar-refractivity contribution is 6.30. The van der Waals surface area contributed by atoms with Crippen LogP contribution < -0.4 is 5.32 Å². The van der Waals surface area contributed by atoms with Crippen molar-refractivity contribution in [3.8, 4) is 0 Å². The summed E-state index contributed by atoms with van der Waals surface area (Å²) in [7, 11) is 0. The quantitative estimate of drug-likeness (QED) is 0.847. The molecule has 5 heteroatoms. The van der Waals surface area contributed by atoms with Crippen LogP contribution >= 0.6 is 11.6 Å². The van der Waals surface area contributed by atoms with E-state index in [0.717, 1.165) is 31.5 Å². The van der Waals surface area contributed by atoms with Crippen LogP contribution in [-0.2, 0) is 16.0 Å². The minimum Gasteiger partial charge on any atom is -0.355 e. The molecule has 1 N–H and O–H groups in total. The standard InChI is InChI=1S/C17H23ClN2O2/c18-15-7-5-6-14(12-15)8-9-19-16(21)13-17(22)20-10-3-1-2-4-11-20/h5-7,12H,1-4,8-11,13H2,(H,19,21). The van der Waals surface area contributed by atoms with Crippen LogP contribution in [-0.4, -0.2) is 36.3 Å². The number of hydrogen-bond acceptors (Lipinski definition) is 2. The average molecular weight is 323 g/mol. The van der Waals surface area contributed by atoms with Gasteiger partial charge in [0.1, 0.15) is 6.42 Å². The number of nitrogens with zero attached hydrogens (tertiary/aromatic N) is 1. The van der Waals surface area contributed by atoms with Crippen molar-refractivity contribution in [1.82, 2.24) is 10.2 Å². The summed E-state index contributed by atoms with van der Waals surface area (Å²) in [6.45, 7) is 2.09. The molecule has 4 nitrogen and oxygen atoms in total. The number of halogens is 1. The van der Waals surface area contributed by atoms with Crippen molar-refractivity contribution < 1.29 is 9.59 Å². The van der Waals surface area contributed by atoms with Gasteiger partial charge in [-0.15, -0.1) is 0 Å². The molecule has 120 valence electrons. The zero-order valence-corrected chi connectivity index (χ0v) is 13.6. The van der Waals surface area contributed by atoms with Gasteiger partial charge in [0.15, 0.2) is 0 Å². The van der Waals surface area contributed by atoms with Crippen molar-refractivity contribution >= 4 is 23.4 Å². The van der Waals surface area contributed by atoms with Crippen LogP contribution in [0.2, 0.25) is 5.02 Å². The molecular formula is C17H23ClN2O2. The van der Waals surface area contributed by atoms with Crippen molar-refractivity contribution in [2.24, 2.45) is 0 Å². The zero-order chi connectivity index (χ0) is 15.8. The van der Waals surface area contributed by atoms with E-state index in [-0.39, 0.29) is 18.2 Å². The lowest BCUT2D eigenvalue weighted by atomic mass is 10.1. The van der Waals surface area contributed by atoms with Crippen molar-refractivity contribution in [2.45, 2.75) is 38.5 Å². The largest absolute Gasteiger partial charge is 0.355 e. The summed E-state index contributed by atoms with van der Waals surface area (Å²) >= 11 is 5.92. The molecule has 1 aromatic rings. The number of benzene rings is 1. The van der Waals surface area contributed by atoms with E-state index in [1.165, 1.54) is 12.8 Å². The molecule has 0 aliphatic carbocycles.